The molecule has 0 unspecified atom stereocenters. The first-order valence-electron chi connectivity index (χ1n) is 10.3. The molecule has 2 fully saturated rings. The van der Waals surface area contributed by atoms with Crippen LogP contribution in [-0.4, -0.2) is 70.4 Å². The Bertz CT molecular complexity index is 930. The van der Waals surface area contributed by atoms with Crippen molar-refractivity contribution in [2.24, 2.45) is 0 Å². The normalized spacial score (nSPS) is 22.8. The predicted molar refractivity (Wildman–Crippen MR) is 115 cm³/mol. The van der Waals surface area contributed by atoms with Crippen LogP contribution in [0.15, 0.2) is 48.5 Å². The minimum absolute atomic E-state index is 0.0296. The van der Waals surface area contributed by atoms with E-state index < -0.39 is 18.2 Å². The van der Waals surface area contributed by atoms with Crippen LogP contribution in [0.5, 0.6) is 0 Å². The highest BCUT2D eigenvalue weighted by Crippen LogP contribution is 2.44. The summed E-state index contributed by atoms with van der Waals surface area (Å²) in [7, 11) is 0. The lowest BCUT2D eigenvalue weighted by molar-refractivity contribution is -0.134. The molecule has 2 saturated heterocycles. The summed E-state index contributed by atoms with van der Waals surface area (Å²) in [5, 5.41) is 10.1. The van der Waals surface area contributed by atoms with Gasteiger partial charge in [0.2, 0.25) is 5.91 Å². The third kappa shape index (κ3) is 3.36. The number of β-amino-alcohol motifs (C(OH)–C–C–N with tert-alkyl or cyclic N) is 1. The van der Waals surface area contributed by atoms with Crippen LogP contribution in [0.25, 0.3) is 11.1 Å². The Morgan fingerprint density at radius 2 is 1.73 bits per heavy atom. The molecule has 30 heavy (non-hydrogen) atoms. The molecule has 0 spiro atoms. The third-order valence-electron chi connectivity index (χ3n) is 6.20. The van der Waals surface area contributed by atoms with Gasteiger partial charge in [-0.05, 0) is 22.3 Å². The second-order valence-corrected chi connectivity index (χ2v) is 9.08. The quantitative estimate of drug-likeness (QED) is 0.821. The van der Waals surface area contributed by atoms with Gasteiger partial charge >= 0.3 is 6.09 Å². The topological polar surface area (TPSA) is 70.1 Å². The summed E-state index contributed by atoms with van der Waals surface area (Å²) in [4.78, 5) is 28.9. The Balaban J connectivity index is 1.31. The Morgan fingerprint density at radius 1 is 1.07 bits per heavy atom. The summed E-state index contributed by atoms with van der Waals surface area (Å²) in [6, 6.07) is 15.7. The number of ether oxygens (including phenoxy) is 1. The zero-order chi connectivity index (χ0) is 20.7. The summed E-state index contributed by atoms with van der Waals surface area (Å²) in [5.74, 6) is 1.43. The largest absolute Gasteiger partial charge is 0.448 e. The summed E-state index contributed by atoms with van der Waals surface area (Å²) >= 11 is 1.70. The van der Waals surface area contributed by atoms with E-state index in [4.69, 9.17) is 4.74 Å². The molecule has 1 N–H and O–H groups in total. The summed E-state index contributed by atoms with van der Waals surface area (Å²) in [5.41, 5.74) is 4.64. The van der Waals surface area contributed by atoms with Crippen molar-refractivity contribution in [1.29, 1.82) is 0 Å². The van der Waals surface area contributed by atoms with Crippen LogP contribution in [0.3, 0.4) is 0 Å². The van der Waals surface area contributed by atoms with Crippen LogP contribution in [0.4, 0.5) is 4.79 Å². The van der Waals surface area contributed by atoms with Gasteiger partial charge < -0.3 is 14.7 Å². The molecule has 2 amide bonds. The minimum Gasteiger partial charge on any atom is -0.448 e. The number of aliphatic hydroxyl groups excluding tert-OH is 1. The van der Waals surface area contributed by atoms with Crippen LogP contribution in [0, 0.1) is 0 Å². The molecule has 0 bridgehead atoms. The van der Waals surface area contributed by atoms with Crippen molar-refractivity contribution in [3.05, 3.63) is 59.7 Å². The van der Waals surface area contributed by atoms with E-state index in [1.165, 1.54) is 16.0 Å². The summed E-state index contributed by atoms with van der Waals surface area (Å²) in [6.07, 6.45) is -0.960. The van der Waals surface area contributed by atoms with Crippen molar-refractivity contribution in [3.63, 3.8) is 0 Å². The molecule has 7 heteroatoms. The van der Waals surface area contributed by atoms with E-state index in [1.54, 1.807) is 16.7 Å². The van der Waals surface area contributed by atoms with E-state index >= 15 is 0 Å². The van der Waals surface area contributed by atoms with E-state index in [1.807, 2.05) is 24.3 Å². The van der Waals surface area contributed by atoms with E-state index in [0.717, 1.165) is 16.9 Å². The smallest absolute Gasteiger partial charge is 0.410 e. The van der Waals surface area contributed by atoms with Gasteiger partial charge in [-0.1, -0.05) is 48.5 Å². The fourth-order valence-electron chi connectivity index (χ4n) is 4.73. The molecule has 0 aromatic heterocycles. The number of hydrogen-bond acceptors (Lipinski definition) is 5. The molecular weight excluding hydrogens is 400 g/mol. The Morgan fingerprint density at radius 3 is 2.37 bits per heavy atom. The van der Waals surface area contributed by atoms with Gasteiger partial charge in [-0.2, -0.15) is 0 Å². The van der Waals surface area contributed by atoms with E-state index in [9.17, 15) is 14.7 Å². The number of rotatable bonds is 3. The molecule has 2 aromatic carbocycles. The minimum atomic E-state index is -0.699. The van der Waals surface area contributed by atoms with Gasteiger partial charge in [0, 0.05) is 24.6 Å². The van der Waals surface area contributed by atoms with Crippen molar-refractivity contribution in [3.8, 4) is 11.1 Å². The maximum absolute atomic E-state index is 12.9. The maximum atomic E-state index is 12.9. The molecule has 5 rings (SSSR count). The fraction of sp³-hybridized carbons (Fsp3) is 0.391. The number of benzene rings is 2. The number of hydrogen-bond donors (Lipinski definition) is 1. The first kappa shape index (κ1) is 19.5. The number of aliphatic hydroxyl groups is 1. The standard InChI is InChI=1S/C23H24N2O4S/c26-15-11-21(22(27)24-9-10-30-14-24)25(12-15)23(28)29-13-20-18-7-3-1-5-16(18)17-6-2-4-8-19(17)20/h1-8,15,20-21,26H,9-14H2/t15-,21+/m1/s1. The van der Waals surface area contributed by atoms with Crippen LogP contribution in [-0.2, 0) is 9.53 Å². The Hall–Kier alpha value is -2.51. The first-order chi connectivity index (χ1) is 14.6. The first-order valence-corrected chi connectivity index (χ1v) is 11.4. The van der Waals surface area contributed by atoms with Crippen molar-refractivity contribution in [1.82, 2.24) is 9.80 Å². The van der Waals surface area contributed by atoms with Crippen LogP contribution < -0.4 is 0 Å². The molecule has 0 radical (unpaired) electrons. The SMILES string of the molecule is O=C([C@@H]1C[C@@H](O)CN1C(=O)OCC1c2ccccc2-c2ccccc21)N1CCSC1. The highest BCUT2D eigenvalue weighted by Gasteiger charge is 2.42. The maximum Gasteiger partial charge on any atom is 0.410 e. The van der Waals surface area contributed by atoms with Gasteiger partial charge in [-0.15, -0.1) is 11.8 Å². The van der Waals surface area contributed by atoms with E-state index in [-0.39, 0.29) is 31.4 Å². The predicted octanol–water partition coefficient (Wildman–Crippen LogP) is 2.90. The van der Waals surface area contributed by atoms with Gasteiger partial charge in [-0.3, -0.25) is 9.69 Å². The van der Waals surface area contributed by atoms with Crippen molar-refractivity contribution >= 4 is 23.8 Å². The summed E-state index contributed by atoms with van der Waals surface area (Å²) < 4.78 is 5.71. The lowest BCUT2D eigenvalue weighted by Gasteiger charge is -2.27. The highest BCUT2D eigenvalue weighted by molar-refractivity contribution is 7.99. The molecule has 2 heterocycles. The molecule has 2 aromatic rings. The van der Waals surface area contributed by atoms with Crippen molar-refractivity contribution in [2.75, 3.05) is 31.3 Å². The molecule has 0 saturated carbocycles. The zero-order valence-corrected chi connectivity index (χ0v) is 17.4. The average molecular weight is 425 g/mol. The van der Waals surface area contributed by atoms with E-state index in [0.29, 0.717) is 12.4 Å². The molecule has 3 aliphatic rings. The van der Waals surface area contributed by atoms with Gasteiger partial charge in [0.05, 0.1) is 18.5 Å². The lowest BCUT2D eigenvalue weighted by atomic mass is 9.98. The molecule has 2 aliphatic heterocycles. The monoisotopic (exact) mass is 424 g/mol. The number of carbonyl (C=O) groups is 2. The number of amides is 2. The van der Waals surface area contributed by atoms with Gasteiger partial charge in [0.15, 0.2) is 0 Å². The molecule has 156 valence electrons. The van der Waals surface area contributed by atoms with Crippen LogP contribution in [0.1, 0.15) is 23.5 Å². The number of likely N-dealkylation sites (tertiary alicyclic amines) is 1. The Kier molecular flexibility index (Phi) is 5.16. The highest BCUT2D eigenvalue weighted by atomic mass is 32.2. The number of nitrogens with zero attached hydrogens (tertiary/aromatic N) is 2. The third-order valence-corrected chi connectivity index (χ3v) is 7.16. The number of fused-ring (bicyclic) bond motifs is 3. The second kappa shape index (κ2) is 7.96. The van der Waals surface area contributed by atoms with Crippen LogP contribution >= 0.6 is 11.8 Å². The average Bonchev–Trinajstić information content (AvgIpc) is 3.50. The van der Waals surface area contributed by atoms with Crippen molar-refractivity contribution in [2.45, 2.75) is 24.5 Å². The molecular formula is C23H24N2O4S. The number of thioether (sulfide) groups is 1. The van der Waals surface area contributed by atoms with Crippen molar-refractivity contribution < 1.29 is 19.4 Å². The summed E-state index contributed by atoms with van der Waals surface area (Å²) in [6.45, 7) is 1.03. The van der Waals surface area contributed by atoms with Crippen LogP contribution in [0.2, 0.25) is 0 Å². The Labute approximate surface area is 179 Å². The molecule has 1 aliphatic carbocycles. The molecule has 6 nitrogen and oxygen atoms in total. The lowest BCUT2D eigenvalue weighted by Crippen LogP contribution is -2.47. The van der Waals surface area contributed by atoms with Gasteiger partial charge in [0.25, 0.3) is 0 Å². The molecule has 2 atom stereocenters. The second-order valence-electron chi connectivity index (χ2n) is 8.00. The van der Waals surface area contributed by atoms with E-state index in [2.05, 4.69) is 24.3 Å². The number of carbonyl (C=O) groups excluding carboxylic acids is 2. The van der Waals surface area contributed by atoms with Gasteiger partial charge in [-0.25, -0.2) is 4.79 Å². The van der Waals surface area contributed by atoms with Gasteiger partial charge in [0.1, 0.15) is 12.6 Å². The fourth-order valence-corrected chi connectivity index (χ4v) is 5.68. The zero-order valence-electron chi connectivity index (χ0n) is 16.6.